The van der Waals surface area contributed by atoms with Gasteiger partial charge in [-0.25, -0.2) is 0 Å². The fraction of sp³-hybridized carbons (Fsp3) is 0.250. The Morgan fingerprint density at radius 3 is 2.56 bits per heavy atom. The number of amides is 1. The van der Waals surface area contributed by atoms with Crippen molar-refractivity contribution in [3.8, 4) is 5.69 Å². The molecular formula is C20H21ClN4OS. The van der Waals surface area contributed by atoms with Gasteiger partial charge in [-0.15, -0.1) is 0 Å². The molecule has 2 N–H and O–H groups in total. The summed E-state index contributed by atoms with van der Waals surface area (Å²) in [6, 6.07) is 14.9. The summed E-state index contributed by atoms with van der Waals surface area (Å²) >= 11 is 11.4. The second-order valence-electron chi connectivity index (χ2n) is 7.27. The first-order valence-electron chi connectivity index (χ1n) is 8.57. The van der Waals surface area contributed by atoms with Crippen molar-refractivity contribution in [2.75, 3.05) is 0 Å². The number of rotatable bonds is 4. The maximum Gasteiger partial charge on any atom is 0.251 e. The number of carbonyl (C=O) groups excluding carboxylic acids is 1. The second-order valence-corrected chi connectivity index (χ2v) is 8.09. The summed E-state index contributed by atoms with van der Waals surface area (Å²) in [5.41, 5.74) is 2.62. The van der Waals surface area contributed by atoms with Crippen LogP contribution in [-0.4, -0.2) is 20.7 Å². The Bertz CT molecular complexity index is 1020. The minimum Gasteiger partial charge on any atom is -0.345 e. The summed E-state index contributed by atoms with van der Waals surface area (Å²) in [6.07, 6.45) is 0. The third kappa shape index (κ3) is 4.46. The van der Waals surface area contributed by atoms with Crippen molar-refractivity contribution >= 4 is 29.7 Å². The molecule has 0 atom stereocenters. The molecule has 3 aromatic rings. The summed E-state index contributed by atoms with van der Waals surface area (Å²) < 4.78 is 2.19. The Morgan fingerprint density at radius 2 is 1.93 bits per heavy atom. The Hall–Kier alpha value is -2.44. The van der Waals surface area contributed by atoms with Gasteiger partial charge < -0.3 is 5.32 Å². The van der Waals surface area contributed by atoms with E-state index in [2.05, 4.69) is 36.3 Å². The number of hydrogen-bond donors (Lipinski definition) is 2. The first-order chi connectivity index (χ1) is 12.8. The van der Waals surface area contributed by atoms with E-state index in [1.165, 1.54) is 5.56 Å². The SMILES string of the molecule is CC(C)(C)c1ccc(C(=O)NCc2n[nH]c(=S)n2-c2cccc(Cl)c2)cc1. The number of aromatic nitrogens is 3. The number of nitrogens with one attached hydrogen (secondary N) is 2. The van der Waals surface area contributed by atoms with E-state index in [4.69, 9.17) is 23.8 Å². The van der Waals surface area contributed by atoms with Gasteiger partial charge in [0.15, 0.2) is 10.6 Å². The number of benzene rings is 2. The van der Waals surface area contributed by atoms with Gasteiger partial charge in [-0.2, -0.15) is 5.10 Å². The predicted octanol–water partition coefficient (Wildman–Crippen LogP) is 4.81. The molecule has 1 amide bonds. The van der Waals surface area contributed by atoms with E-state index >= 15 is 0 Å². The van der Waals surface area contributed by atoms with Crippen LogP contribution in [0.2, 0.25) is 5.02 Å². The van der Waals surface area contributed by atoms with Crippen molar-refractivity contribution in [3.63, 3.8) is 0 Å². The molecule has 3 rings (SSSR count). The van der Waals surface area contributed by atoms with E-state index in [1.54, 1.807) is 16.7 Å². The third-order valence-corrected chi connectivity index (χ3v) is 4.74. The molecule has 27 heavy (non-hydrogen) atoms. The van der Waals surface area contributed by atoms with Gasteiger partial charge in [0.25, 0.3) is 5.91 Å². The topological polar surface area (TPSA) is 62.7 Å². The van der Waals surface area contributed by atoms with Crippen LogP contribution >= 0.6 is 23.8 Å². The highest BCUT2D eigenvalue weighted by molar-refractivity contribution is 7.71. The molecule has 1 heterocycles. The molecular weight excluding hydrogens is 380 g/mol. The molecule has 0 spiro atoms. The van der Waals surface area contributed by atoms with Crippen LogP contribution < -0.4 is 5.32 Å². The highest BCUT2D eigenvalue weighted by Crippen LogP contribution is 2.22. The zero-order valence-corrected chi connectivity index (χ0v) is 17.0. The van der Waals surface area contributed by atoms with Crippen molar-refractivity contribution in [1.82, 2.24) is 20.1 Å². The molecule has 0 unspecified atom stereocenters. The molecule has 0 aliphatic carbocycles. The molecule has 0 fully saturated rings. The molecule has 0 saturated carbocycles. The van der Waals surface area contributed by atoms with Crippen LogP contribution in [-0.2, 0) is 12.0 Å². The monoisotopic (exact) mass is 400 g/mol. The first kappa shape index (κ1) is 19.3. The zero-order chi connectivity index (χ0) is 19.6. The van der Waals surface area contributed by atoms with Crippen LogP contribution in [0.5, 0.6) is 0 Å². The lowest BCUT2D eigenvalue weighted by Gasteiger charge is -2.19. The fourth-order valence-corrected chi connectivity index (χ4v) is 3.15. The summed E-state index contributed by atoms with van der Waals surface area (Å²) in [4.78, 5) is 12.5. The smallest absolute Gasteiger partial charge is 0.251 e. The van der Waals surface area contributed by atoms with Gasteiger partial charge in [-0.3, -0.25) is 14.5 Å². The quantitative estimate of drug-likeness (QED) is 0.617. The summed E-state index contributed by atoms with van der Waals surface area (Å²) in [7, 11) is 0. The van der Waals surface area contributed by atoms with Crippen molar-refractivity contribution in [2.24, 2.45) is 0 Å². The number of halogens is 1. The molecule has 140 valence electrons. The van der Waals surface area contributed by atoms with Gasteiger partial charge in [-0.1, -0.05) is 50.6 Å². The normalized spacial score (nSPS) is 11.4. The van der Waals surface area contributed by atoms with Crippen molar-refractivity contribution in [2.45, 2.75) is 32.7 Å². The Balaban J connectivity index is 1.76. The Kier molecular flexibility index (Phi) is 5.48. The molecule has 7 heteroatoms. The molecule has 5 nitrogen and oxygen atoms in total. The van der Waals surface area contributed by atoms with Gasteiger partial charge in [0, 0.05) is 10.6 Å². The van der Waals surface area contributed by atoms with E-state index in [1.807, 2.05) is 36.4 Å². The van der Waals surface area contributed by atoms with E-state index in [0.29, 0.717) is 21.2 Å². The molecule has 0 saturated heterocycles. The molecule has 0 bridgehead atoms. The predicted molar refractivity (Wildman–Crippen MR) is 110 cm³/mol. The van der Waals surface area contributed by atoms with E-state index < -0.39 is 0 Å². The van der Waals surface area contributed by atoms with E-state index in [9.17, 15) is 4.79 Å². The maximum absolute atomic E-state index is 12.5. The fourth-order valence-electron chi connectivity index (χ4n) is 2.71. The van der Waals surface area contributed by atoms with Gasteiger partial charge in [0.05, 0.1) is 12.2 Å². The number of nitrogens with zero attached hydrogens (tertiary/aromatic N) is 2. The van der Waals surface area contributed by atoms with Crippen LogP contribution in [0.4, 0.5) is 0 Å². The van der Waals surface area contributed by atoms with Gasteiger partial charge in [0.2, 0.25) is 0 Å². The molecule has 0 aliphatic heterocycles. The van der Waals surface area contributed by atoms with Crippen LogP contribution in [0.25, 0.3) is 5.69 Å². The average Bonchev–Trinajstić information content (AvgIpc) is 2.99. The van der Waals surface area contributed by atoms with Gasteiger partial charge >= 0.3 is 0 Å². The molecule has 0 aliphatic rings. The van der Waals surface area contributed by atoms with Crippen LogP contribution in [0.1, 0.15) is 42.5 Å². The van der Waals surface area contributed by atoms with E-state index in [0.717, 1.165) is 5.69 Å². The molecule has 2 aromatic carbocycles. The lowest BCUT2D eigenvalue weighted by Crippen LogP contribution is -2.24. The van der Waals surface area contributed by atoms with Crippen molar-refractivity contribution < 1.29 is 4.79 Å². The minimum atomic E-state index is -0.165. The lowest BCUT2D eigenvalue weighted by atomic mass is 9.87. The number of aromatic amines is 1. The first-order valence-corrected chi connectivity index (χ1v) is 9.35. The highest BCUT2D eigenvalue weighted by atomic mass is 35.5. The molecule has 1 aromatic heterocycles. The van der Waals surface area contributed by atoms with Crippen LogP contribution in [0, 0.1) is 4.77 Å². The third-order valence-electron chi connectivity index (χ3n) is 4.23. The van der Waals surface area contributed by atoms with Crippen molar-refractivity contribution in [1.29, 1.82) is 0 Å². The summed E-state index contributed by atoms with van der Waals surface area (Å²) in [5.74, 6) is 0.434. The minimum absolute atomic E-state index is 0.0480. The van der Waals surface area contributed by atoms with Crippen LogP contribution in [0.15, 0.2) is 48.5 Å². The van der Waals surface area contributed by atoms with Crippen LogP contribution in [0.3, 0.4) is 0 Å². The maximum atomic E-state index is 12.5. The Labute approximate surface area is 168 Å². The largest absolute Gasteiger partial charge is 0.345 e. The highest BCUT2D eigenvalue weighted by Gasteiger charge is 2.15. The zero-order valence-electron chi connectivity index (χ0n) is 15.4. The average molecular weight is 401 g/mol. The number of carbonyl (C=O) groups is 1. The van der Waals surface area contributed by atoms with E-state index in [-0.39, 0.29) is 17.9 Å². The van der Waals surface area contributed by atoms with Gasteiger partial charge in [-0.05, 0) is 53.5 Å². The van der Waals surface area contributed by atoms with Crippen molar-refractivity contribution in [3.05, 3.63) is 75.3 Å². The summed E-state index contributed by atoms with van der Waals surface area (Å²) in [6.45, 7) is 6.65. The standard InChI is InChI=1S/C20H21ClN4OS/c1-20(2,3)14-9-7-13(8-10-14)18(26)22-12-17-23-24-19(27)25(17)16-6-4-5-15(21)11-16/h4-11H,12H2,1-3H3,(H,22,26)(H,24,27). The van der Waals surface area contributed by atoms with Gasteiger partial charge in [0.1, 0.15) is 0 Å². The number of hydrogen-bond acceptors (Lipinski definition) is 3. The molecule has 0 radical (unpaired) electrons. The Morgan fingerprint density at radius 1 is 1.22 bits per heavy atom. The summed E-state index contributed by atoms with van der Waals surface area (Å²) in [5, 5.41) is 10.5. The lowest BCUT2D eigenvalue weighted by molar-refractivity contribution is 0.0949. The number of H-pyrrole nitrogens is 1. The second kappa shape index (κ2) is 7.66.